The molecule has 3 rings (SSSR count). The summed E-state index contributed by atoms with van der Waals surface area (Å²) in [7, 11) is 1.66. The van der Waals surface area contributed by atoms with Crippen LogP contribution in [0.4, 0.5) is 5.69 Å². The van der Waals surface area contributed by atoms with Crippen LogP contribution in [0.15, 0.2) is 35.7 Å². The molecule has 0 aliphatic heterocycles. The van der Waals surface area contributed by atoms with Gasteiger partial charge in [-0.1, -0.05) is 6.92 Å². The number of carbonyl (C=O) groups is 1. The zero-order valence-corrected chi connectivity index (χ0v) is 14.7. The Balaban J connectivity index is 1.96. The van der Waals surface area contributed by atoms with E-state index in [1.807, 2.05) is 34.5 Å². The Morgan fingerprint density at radius 3 is 2.57 bits per heavy atom. The average molecular weight is 329 g/mol. The highest BCUT2D eigenvalue weighted by Crippen LogP contribution is 2.38. The molecule has 2 aromatic rings. The fourth-order valence-corrected chi connectivity index (χ4v) is 3.91. The normalized spacial score (nSPS) is 15.3. The number of thiophene rings is 1. The van der Waals surface area contributed by atoms with Gasteiger partial charge in [-0.25, -0.2) is 0 Å². The maximum Gasteiger partial charge on any atom is 0.268 e. The van der Waals surface area contributed by atoms with Gasteiger partial charge in [0.15, 0.2) is 0 Å². The molecule has 1 saturated carbocycles. The minimum absolute atomic E-state index is 0.126. The summed E-state index contributed by atoms with van der Waals surface area (Å²) in [5.41, 5.74) is 2.09. The van der Waals surface area contributed by atoms with Gasteiger partial charge in [-0.3, -0.25) is 4.79 Å². The van der Waals surface area contributed by atoms with Crippen molar-refractivity contribution < 1.29 is 9.53 Å². The maximum atomic E-state index is 13.2. The number of ether oxygens (including phenoxy) is 1. The van der Waals surface area contributed by atoms with Crippen molar-refractivity contribution >= 4 is 22.9 Å². The number of hydrogen-bond donors (Lipinski definition) is 0. The minimum Gasteiger partial charge on any atom is -0.497 e. The van der Waals surface area contributed by atoms with Gasteiger partial charge in [-0.15, -0.1) is 11.3 Å². The molecule has 1 heterocycles. The van der Waals surface area contributed by atoms with Crippen molar-refractivity contribution in [3.8, 4) is 5.75 Å². The Morgan fingerprint density at radius 2 is 2.00 bits per heavy atom. The van der Waals surface area contributed by atoms with Crippen molar-refractivity contribution in [1.29, 1.82) is 0 Å². The van der Waals surface area contributed by atoms with E-state index in [0.717, 1.165) is 28.3 Å². The van der Waals surface area contributed by atoms with E-state index in [-0.39, 0.29) is 11.9 Å². The van der Waals surface area contributed by atoms with Crippen LogP contribution in [0.5, 0.6) is 5.75 Å². The van der Waals surface area contributed by atoms with E-state index in [1.165, 1.54) is 12.8 Å². The van der Waals surface area contributed by atoms with E-state index in [9.17, 15) is 4.79 Å². The minimum atomic E-state index is 0.126. The van der Waals surface area contributed by atoms with Crippen LogP contribution in [0.2, 0.25) is 0 Å². The van der Waals surface area contributed by atoms with Crippen molar-refractivity contribution in [1.82, 2.24) is 0 Å². The molecule has 1 fully saturated rings. The van der Waals surface area contributed by atoms with Crippen molar-refractivity contribution in [2.75, 3.05) is 12.0 Å². The van der Waals surface area contributed by atoms with Gasteiger partial charge in [-0.05, 0) is 73.4 Å². The molecule has 1 atom stereocenters. The second-order valence-corrected chi connectivity index (χ2v) is 7.00. The van der Waals surface area contributed by atoms with Crippen LogP contribution < -0.4 is 9.64 Å². The van der Waals surface area contributed by atoms with E-state index in [2.05, 4.69) is 19.9 Å². The summed E-state index contributed by atoms with van der Waals surface area (Å²) in [4.78, 5) is 16.1. The number of carbonyl (C=O) groups excluding carboxylic acids is 1. The summed E-state index contributed by atoms with van der Waals surface area (Å²) >= 11 is 1.55. The van der Waals surface area contributed by atoms with Gasteiger partial charge in [0.1, 0.15) is 5.75 Å². The number of hydrogen-bond acceptors (Lipinski definition) is 3. The van der Waals surface area contributed by atoms with Gasteiger partial charge in [0.25, 0.3) is 5.91 Å². The standard InChI is InChI=1S/C19H23NO2S/c1-4-14-11-12-23-18(14)19(21)20(13(2)15-5-6-15)16-7-9-17(22-3)10-8-16/h7-13,15H,4-6H2,1-3H3. The zero-order chi connectivity index (χ0) is 16.4. The predicted octanol–water partition coefficient (Wildman–Crippen LogP) is 4.76. The largest absolute Gasteiger partial charge is 0.497 e. The van der Waals surface area contributed by atoms with Gasteiger partial charge < -0.3 is 9.64 Å². The van der Waals surface area contributed by atoms with Gasteiger partial charge in [0, 0.05) is 11.7 Å². The lowest BCUT2D eigenvalue weighted by Gasteiger charge is -2.29. The van der Waals surface area contributed by atoms with Crippen LogP contribution in [0.25, 0.3) is 0 Å². The quantitative estimate of drug-likeness (QED) is 0.764. The van der Waals surface area contributed by atoms with Crippen LogP contribution in [-0.2, 0) is 6.42 Å². The highest BCUT2D eigenvalue weighted by Gasteiger charge is 2.36. The number of rotatable bonds is 6. The Kier molecular flexibility index (Phi) is 4.71. The Labute approximate surface area is 141 Å². The molecule has 1 aliphatic carbocycles. The Morgan fingerprint density at radius 1 is 1.30 bits per heavy atom. The Hall–Kier alpha value is -1.81. The highest BCUT2D eigenvalue weighted by molar-refractivity contribution is 7.12. The van der Waals surface area contributed by atoms with Crippen LogP contribution in [0.1, 0.15) is 41.9 Å². The van der Waals surface area contributed by atoms with Crippen LogP contribution in [0.3, 0.4) is 0 Å². The van der Waals surface area contributed by atoms with Crippen LogP contribution in [0, 0.1) is 5.92 Å². The zero-order valence-electron chi connectivity index (χ0n) is 13.9. The number of anilines is 1. The summed E-state index contributed by atoms with van der Waals surface area (Å²) in [6.45, 7) is 4.26. The van der Waals surface area contributed by atoms with Crippen molar-refractivity contribution in [3.63, 3.8) is 0 Å². The molecule has 1 aromatic heterocycles. The molecular weight excluding hydrogens is 306 g/mol. The molecule has 1 amide bonds. The molecule has 4 heteroatoms. The lowest BCUT2D eigenvalue weighted by Crippen LogP contribution is -2.40. The second-order valence-electron chi connectivity index (χ2n) is 6.08. The lowest BCUT2D eigenvalue weighted by atomic mass is 10.1. The molecule has 1 aliphatic rings. The molecule has 1 aromatic carbocycles. The molecule has 0 spiro atoms. The van der Waals surface area contributed by atoms with Gasteiger partial charge in [-0.2, -0.15) is 0 Å². The van der Waals surface area contributed by atoms with Gasteiger partial charge in [0.05, 0.1) is 12.0 Å². The summed E-state index contributed by atoms with van der Waals surface area (Å²) in [6, 6.07) is 10.1. The molecule has 23 heavy (non-hydrogen) atoms. The lowest BCUT2D eigenvalue weighted by molar-refractivity contribution is 0.0979. The van der Waals surface area contributed by atoms with Gasteiger partial charge in [0.2, 0.25) is 0 Å². The summed E-state index contributed by atoms with van der Waals surface area (Å²) in [5.74, 6) is 1.55. The summed E-state index contributed by atoms with van der Waals surface area (Å²) in [5, 5.41) is 2.01. The highest BCUT2D eigenvalue weighted by atomic mass is 32.1. The topological polar surface area (TPSA) is 29.5 Å². The molecule has 3 nitrogen and oxygen atoms in total. The molecule has 122 valence electrons. The average Bonchev–Trinajstić information content (AvgIpc) is 3.32. The van der Waals surface area contributed by atoms with Crippen molar-refractivity contribution in [2.24, 2.45) is 5.92 Å². The number of methoxy groups -OCH3 is 1. The Bertz CT molecular complexity index is 673. The fraction of sp³-hybridized carbons (Fsp3) is 0.421. The SMILES string of the molecule is CCc1ccsc1C(=O)N(c1ccc(OC)cc1)C(C)C1CC1. The predicted molar refractivity (Wildman–Crippen MR) is 95.7 cm³/mol. The third-order valence-electron chi connectivity index (χ3n) is 4.60. The first kappa shape index (κ1) is 16.1. The van der Waals surface area contributed by atoms with E-state index < -0.39 is 0 Å². The third kappa shape index (κ3) is 3.27. The molecule has 0 radical (unpaired) electrons. The van der Waals surface area contributed by atoms with E-state index in [0.29, 0.717) is 5.92 Å². The van der Waals surface area contributed by atoms with Crippen LogP contribution >= 0.6 is 11.3 Å². The summed E-state index contributed by atoms with van der Waals surface area (Å²) in [6.07, 6.45) is 3.32. The third-order valence-corrected chi connectivity index (χ3v) is 5.55. The fourth-order valence-electron chi connectivity index (χ4n) is 2.98. The summed E-state index contributed by atoms with van der Waals surface area (Å²) < 4.78 is 5.24. The van der Waals surface area contributed by atoms with Gasteiger partial charge >= 0.3 is 0 Å². The molecule has 0 bridgehead atoms. The molecule has 0 N–H and O–H groups in total. The molecular formula is C19H23NO2S. The van der Waals surface area contributed by atoms with E-state index >= 15 is 0 Å². The first-order valence-electron chi connectivity index (χ1n) is 8.19. The maximum absolute atomic E-state index is 13.2. The first-order chi connectivity index (χ1) is 11.2. The van der Waals surface area contributed by atoms with Crippen molar-refractivity contribution in [2.45, 2.75) is 39.2 Å². The smallest absolute Gasteiger partial charge is 0.268 e. The number of aryl methyl sites for hydroxylation is 1. The van der Waals surface area contributed by atoms with Crippen LogP contribution in [-0.4, -0.2) is 19.1 Å². The first-order valence-corrected chi connectivity index (χ1v) is 9.07. The molecule has 0 saturated heterocycles. The second kappa shape index (κ2) is 6.75. The van der Waals surface area contributed by atoms with Crippen molar-refractivity contribution in [3.05, 3.63) is 46.2 Å². The monoisotopic (exact) mass is 329 g/mol. The number of benzene rings is 1. The van der Waals surface area contributed by atoms with E-state index in [1.54, 1.807) is 18.4 Å². The molecule has 1 unspecified atom stereocenters. The number of amides is 1. The van der Waals surface area contributed by atoms with E-state index in [4.69, 9.17) is 4.74 Å². The number of nitrogens with zero attached hydrogens (tertiary/aromatic N) is 1.